The molecule has 2 N–H and O–H groups in total. The number of carbonyl (C=O) groups excluding carboxylic acids is 1. The van der Waals surface area contributed by atoms with E-state index in [1.807, 2.05) is 30.5 Å². The Morgan fingerprint density at radius 1 is 1.37 bits per heavy atom. The van der Waals surface area contributed by atoms with Crippen molar-refractivity contribution in [2.75, 3.05) is 12.0 Å². The molecule has 0 aliphatic carbocycles. The number of aromatic amines is 1. The van der Waals surface area contributed by atoms with Crippen molar-refractivity contribution < 1.29 is 9.72 Å². The Labute approximate surface area is 164 Å². The number of H-pyrrole nitrogens is 1. The Balaban J connectivity index is 1.87. The summed E-state index contributed by atoms with van der Waals surface area (Å²) in [5.41, 5.74) is 1.58. The number of nitrogens with one attached hydrogen (secondary N) is 2. The van der Waals surface area contributed by atoms with Crippen LogP contribution in [0.1, 0.15) is 28.6 Å². The topological polar surface area (TPSA) is 101 Å². The quantitative estimate of drug-likeness (QED) is 0.450. The molecular formula is C18H17ClN4O3S. The summed E-state index contributed by atoms with van der Waals surface area (Å²) in [5, 5.41) is 14.0. The van der Waals surface area contributed by atoms with Crippen molar-refractivity contribution in [3.8, 4) is 0 Å². The molecule has 0 bridgehead atoms. The van der Waals surface area contributed by atoms with Gasteiger partial charge < -0.3 is 10.3 Å². The van der Waals surface area contributed by atoms with Crippen molar-refractivity contribution in [1.29, 1.82) is 0 Å². The van der Waals surface area contributed by atoms with E-state index in [1.165, 1.54) is 18.2 Å². The van der Waals surface area contributed by atoms with E-state index in [0.29, 0.717) is 12.2 Å². The van der Waals surface area contributed by atoms with Gasteiger partial charge in [0.1, 0.15) is 10.8 Å². The van der Waals surface area contributed by atoms with Gasteiger partial charge in [0.15, 0.2) is 0 Å². The van der Waals surface area contributed by atoms with Gasteiger partial charge in [-0.3, -0.25) is 14.9 Å². The highest BCUT2D eigenvalue weighted by Gasteiger charge is 2.21. The van der Waals surface area contributed by atoms with Gasteiger partial charge in [0.2, 0.25) is 0 Å². The molecule has 3 aromatic rings. The number of aromatic nitrogens is 2. The van der Waals surface area contributed by atoms with Crippen LogP contribution >= 0.6 is 23.4 Å². The average Bonchev–Trinajstić information content (AvgIpc) is 3.09. The predicted octanol–water partition coefficient (Wildman–Crippen LogP) is 4.35. The summed E-state index contributed by atoms with van der Waals surface area (Å²) in [5.74, 6) is 1.06. The van der Waals surface area contributed by atoms with Gasteiger partial charge in [-0.2, -0.15) is 11.8 Å². The van der Waals surface area contributed by atoms with Crippen LogP contribution in [0.3, 0.4) is 0 Å². The van der Waals surface area contributed by atoms with Crippen LogP contribution in [0, 0.1) is 10.1 Å². The van der Waals surface area contributed by atoms with Crippen molar-refractivity contribution in [2.24, 2.45) is 0 Å². The lowest BCUT2D eigenvalue weighted by Gasteiger charge is -2.16. The minimum absolute atomic E-state index is 0.00670. The van der Waals surface area contributed by atoms with Crippen LogP contribution in [-0.2, 0) is 0 Å². The van der Waals surface area contributed by atoms with Gasteiger partial charge in [-0.25, -0.2) is 4.98 Å². The average molecular weight is 405 g/mol. The number of nitro groups is 1. The molecule has 3 rings (SSSR count). The van der Waals surface area contributed by atoms with E-state index in [9.17, 15) is 14.9 Å². The van der Waals surface area contributed by atoms with Gasteiger partial charge >= 0.3 is 0 Å². The minimum atomic E-state index is -0.608. The lowest BCUT2D eigenvalue weighted by molar-refractivity contribution is -0.384. The zero-order chi connectivity index (χ0) is 19.4. The molecule has 0 aliphatic rings. The lowest BCUT2D eigenvalue weighted by Crippen LogP contribution is -2.29. The molecule has 1 heterocycles. The zero-order valence-electron chi connectivity index (χ0n) is 14.4. The number of thioether (sulfide) groups is 1. The summed E-state index contributed by atoms with van der Waals surface area (Å²) in [6, 6.07) is 11.3. The molecule has 0 saturated heterocycles. The van der Waals surface area contributed by atoms with E-state index in [2.05, 4.69) is 15.3 Å². The second kappa shape index (κ2) is 8.41. The highest BCUT2D eigenvalue weighted by Crippen LogP contribution is 2.26. The molecule has 1 amide bonds. The van der Waals surface area contributed by atoms with E-state index in [0.717, 1.165) is 16.8 Å². The van der Waals surface area contributed by atoms with Gasteiger partial charge in [0.05, 0.1) is 22.0 Å². The molecular weight excluding hydrogens is 388 g/mol. The van der Waals surface area contributed by atoms with Crippen molar-refractivity contribution in [3.05, 3.63) is 69.0 Å². The first kappa shape index (κ1) is 19.2. The fourth-order valence-electron chi connectivity index (χ4n) is 2.69. The Bertz CT molecular complexity index is 959. The van der Waals surface area contributed by atoms with Gasteiger partial charge in [0.25, 0.3) is 11.6 Å². The molecule has 140 valence electrons. The minimum Gasteiger partial charge on any atom is -0.342 e. The van der Waals surface area contributed by atoms with E-state index in [-0.39, 0.29) is 22.3 Å². The number of hydrogen-bond donors (Lipinski definition) is 2. The Hall–Kier alpha value is -2.58. The summed E-state index contributed by atoms with van der Waals surface area (Å²) in [6.45, 7) is 0. The number of imidazole rings is 1. The summed E-state index contributed by atoms with van der Waals surface area (Å²) < 4.78 is 0. The number of fused-ring (bicyclic) bond motifs is 1. The summed E-state index contributed by atoms with van der Waals surface area (Å²) in [7, 11) is 0. The first-order valence-corrected chi connectivity index (χ1v) is 9.95. The van der Waals surface area contributed by atoms with E-state index >= 15 is 0 Å². The molecule has 0 radical (unpaired) electrons. The second-order valence-electron chi connectivity index (χ2n) is 5.87. The van der Waals surface area contributed by atoms with Crippen LogP contribution < -0.4 is 5.32 Å². The van der Waals surface area contributed by atoms with E-state index in [1.54, 1.807) is 11.8 Å². The molecule has 1 atom stereocenters. The van der Waals surface area contributed by atoms with Crippen LogP contribution in [-0.4, -0.2) is 32.8 Å². The van der Waals surface area contributed by atoms with Crippen LogP contribution in [0.25, 0.3) is 11.0 Å². The van der Waals surface area contributed by atoms with Gasteiger partial charge in [-0.1, -0.05) is 23.7 Å². The number of nitro benzene ring substituents is 1. The van der Waals surface area contributed by atoms with Gasteiger partial charge in [-0.05, 0) is 42.7 Å². The number of halogens is 1. The molecule has 9 heteroatoms. The molecule has 0 aliphatic heterocycles. The lowest BCUT2D eigenvalue weighted by atomic mass is 10.1. The standard InChI is InChI=1S/C18H17ClN4O3S/c1-27-9-8-15(17-20-13-4-2-3-5-14(13)21-17)22-18(24)11-6-7-12(19)16(10-11)23(25)26/h2-7,10,15H,8-9H2,1H3,(H,20,21)(H,22,24). The molecule has 1 aromatic heterocycles. The van der Waals surface area contributed by atoms with Crippen molar-refractivity contribution in [3.63, 3.8) is 0 Å². The van der Waals surface area contributed by atoms with Gasteiger partial charge in [0, 0.05) is 11.6 Å². The summed E-state index contributed by atoms with van der Waals surface area (Å²) in [6.07, 6.45) is 2.66. The molecule has 7 nitrogen and oxygen atoms in total. The molecule has 0 spiro atoms. The SMILES string of the molecule is CSCCC(NC(=O)c1ccc(Cl)c([N+](=O)[O-])c1)c1nc2ccccc2[nH]1. The van der Waals surface area contributed by atoms with Gasteiger partial charge in [-0.15, -0.1) is 0 Å². The van der Waals surface area contributed by atoms with E-state index in [4.69, 9.17) is 11.6 Å². The zero-order valence-corrected chi connectivity index (χ0v) is 16.0. The number of rotatable bonds is 7. The maximum atomic E-state index is 12.7. The summed E-state index contributed by atoms with van der Waals surface area (Å²) in [4.78, 5) is 30.9. The molecule has 0 saturated carbocycles. The predicted molar refractivity (Wildman–Crippen MR) is 107 cm³/mol. The number of carbonyl (C=O) groups is 1. The Kier molecular flexibility index (Phi) is 5.98. The number of benzene rings is 2. The smallest absolute Gasteiger partial charge is 0.288 e. The first-order chi connectivity index (χ1) is 13.0. The Morgan fingerprint density at radius 3 is 2.85 bits per heavy atom. The first-order valence-electron chi connectivity index (χ1n) is 8.18. The number of nitrogens with zero attached hydrogens (tertiary/aromatic N) is 2. The molecule has 0 fully saturated rings. The molecule has 2 aromatic carbocycles. The third kappa shape index (κ3) is 4.40. The van der Waals surface area contributed by atoms with Crippen LogP contribution in [0.15, 0.2) is 42.5 Å². The second-order valence-corrected chi connectivity index (χ2v) is 7.26. The third-order valence-corrected chi connectivity index (χ3v) is 5.02. The molecule has 27 heavy (non-hydrogen) atoms. The fraction of sp³-hybridized carbons (Fsp3) is 0.222. The highest BCUT2D eigenvalue weighted by atomic mass is 35.5. The number of hydrogen-bond acceptors (Lipinski definition) is 5. The summed E-state index contributed by atoms with van der Waals surface area (Å²) >= 11 is 7.48. The monoisotopic (exact) mass is 404 g/mol. The van der Waals surface area contributed by atoms with Crippen molar-refractivity contribution in [2.45, 2.75) is 12.5 Å². The molecule has 1 unspecified atom stereocenters. The highest BCUT2D eigenvalue weighted by molar-refractivity contribution is 7.98. The maximum absolute atomic E-state index is 12.7. The van der Waals surface area contributed by atoms with Crippen LogP contribution in [0.5, 0.6) is 0 Å². The third-order valence-electron chi connectivity index (χ3n) is 4.06. The Morgan fingerprint density at radius 2 is 2.15 bits per heavy atom. The van der Waals surface area contributed by atoms with Crippen molar-refractivity contribution in [1.82, 2.24) is 15.3 Å². The van der Waals surface area contributed by atoms with Crippen molar-refractivity contribution >= 4 is 46.0 Å². The largest absolute Gasteiger partial charge is 0.342 e. The van der Waals surface area contributed by atoms with E-state index < -0.39 is 10.8 Å². The maximum Gasteiger partial charge on any atom is 0.288 e. The number of amides is 1. The van der Waals surface area contributed by atoms with Crippen LogP contribution in [0.2, 0.25) is 5.02 Å². The normalized spacial score (nSPS) is 12.1. The van der Waals surface area contributed by atoms with Crippen LogP contribution in [0.4, 0.5) is 5.69 Å². The fourth-order valence-corrected chi connectivity index (χ4v) is 3.34. The number of para-hydroxylation sites is 2.